The Hall–Kier alpha value is -0.960. The third kappa shape index (κ3) is 2.29. The lowest BCUT2D eigenvalue weighted by Gasteiger charge is -2.05. The first-order valence-corrected chi connectivity index (χ1v) is 4.54. The molecule has 1 nitrogen and oxygen atoms in total. The number of Topliss-reactive ketones (excluding diaryl/α,β-unsaturated/α-hetero) is 1. The number of carbonyl (C=O) groups excluding carboxylic acids is 1. The predicted molar refractivity (Wildman–Crippen MR) is 51.0 cm³/mol. The average molecular weight is 219 g/mol. The molecule has 76 valence electrons. The molecule has 0 atom stereocenters. The van der Waals surface area contributed by atoms with Crippen LogP contribution in [0.25, 0.3) is 0 Å². The van der Waals surface area contributed by atoms with Crippen molar-refractivity contribution in [3.05, 3.63) is 34.3 Å². The van der Waals surface area contributed by atoms with Crippen molar-refractivity contribution in [3.63, 3.8) is 0 Å². The number of carbonyl (C=O) groups is 1. The second kappa shape index (κ2) is 4.51. The van der Waals surface area contributed by atoms with Crippen LogP contribution in [0.15, 0.2) is 18.2 Å². The molecule has 0 amide bonds. The van der Waals surface area contributed by atoms with E-state index in [1.54, 1.807) is 6.92 Å². The highest BCUT2D eigenvalue weighted by atomic mass is 35.5. The molecule has 0 heterocycles. The van der Waals surface area contributed by atoms with Crippen LogP contribution in [0.2, 0.25) is 5.02 Å². The van der Waals surface area contributed by atoms with Crippen molar-refractivity contribution in [2.45, 2.75) is 19.8 Å². The normalized spacial score (nSPS) is 10.6. The second-order valence-electron chi connectivity index (χ2n) is 2.81. The Morgan fingerprint density at radius 2 is 2.14 bits per heavy atom. The Kier molecular flexibility index (Phi) is 3.58. The van der Waals surface area contributed by atoms with Crippen molar-refractivity contribution in [1.82, 2.24) is 0 Å². The third-order valence-electron chi connectivity index (χ3n) is 1.87. The van der Waals surface area contributed by atoms with Crippen LogP contribution < -0.4 is 0 Å². The van der Waals surface area contributed by atoms with Crippen molar-refractivity contribution >= 4 is 17.4 Å². The molecule has 0 saturated heterocycles. The fourth-order valence-corrected chi connectivity index (χ4v) is 1.29. The van der Waals surface area contributed by atoms with Gasteiger partial charge in [-0.15, -0.1) is 0 Å². The summed E-state index contributed by atoms with van der Waals surface area (Å²) in [6, 6.07) is 3.94. The van der Waals surface area contributed by atoms with Gasteiger partial charge in [0.2, 0.25) is 0 Å². The molecule has 0 saturated carbocycles. The van der Waals surface area contributed by atoms with Crippen molar-refractivity contribution in [1.29, 1.82) is 0 Å². The van der Waals surface area contributed by atoms with E-state index in [0.29, 0.717) is 6.42 Å². The third-order valence-corrected chi connectivity index (χ3v) is 2.22. The van der Waals surface area contributed by atoms with Gasteiger partial charge in [-0.25, -0.2) is 8.78 Å². The van der Waals surface area contributed by atoms with E-state index >= 15 is 0 Å². The van der Waals surface area contributed by atoms with E-state index in [1.165, 1.54) is 12.1 Å². The van der Waals surface area contributed by atoms with Crippen LogP contribution in [-0.2, 0) is 0 Å². The molecule has 0 bridgehead atoms. The lowest BCUT2D eigenvalue weighted by molar-refractivity contribution is 0.0987. The SMILES string of the molecule is CCC(=O)c1ccc(Cl)c(C(F)F)c1. The largest absolute Gasteiger partial charge is 0.294 e. The molecule has 1 aromatic rings. The lowest BCUT2D eigenvalue weighted by Crippen LogP contribution is -1.98. The molecule has 0 spiro atoms. The predicted octanol–water partition coefficient (Wildman–Crippen LogP) is 3.87. The molecule has 0 radical (unpaired) electrons. The first-order chi connectivity index (χ1) is 6.56. The monoisotopic (exact) mass is 218 g/mol. The maximum Gasteiger partial charge on any atom is 0.265 e. The molecular weight excluding hydrogens is 210 g/mol. The zero-order valence-electron chi connectivity index (χ0n) is 7.56. The van der Waals surface area contributed by atoms with E-state index in [2.05, 4.69) is 0 Å². The molecule has 1 aromatic carbocycles. The van der Waals surface area contributed by atoms with Gasteiger partial charge in [-0.05, 0) is 18.2 Å². The summed E-state index contributed by atoms with van der Waals surface area (Å²) in [4.78, 5) is 11.2. The minimum atomic E-state index is -2.65. The van der Waals surface area contributed by atoms with Crippen LogP contribution in [0.1, 0.15) is 35.7 Å². The van der Waals surface area contributed by atoms with Gasteiger partial charge in [0, 0.05) is 22.6 Å². The number of alkyl halides is 2. The first-order valence-electron chi connectivity index (χ1n) is 4.17. The van der Waals surface area contributed by atoms with Crippen LogP contribution in [0.5, 0.6) is 0 Å². The smallest absolute Gasteiger partial charge is 0.265 e. The van der Waals surface area contributed by atoms with Gasteiger partial charge in [0.25, 0.3) is 6.43 Å². The molecule has 0 N–H and O–H groups in total. The van der Waals surface area contributed by atoms with Crippen LogP contribution in [0.4, 0.5) is 8.78 Å². The summed E-state index contributed by atoms with van der Waals surface area (Å²) in [5, 5.41) is -0.00680. The van der Waals surface area contributed by atoms with E-state index in [1.807, 2.05) is 0 Å². The molecule has 0 aliphatic heterocycles. The Morgan fingerprint density at radius 1 is 1.50 bits per heavy atom. The van der Waals surface area contributed by atoms with Crippen LogP contribution in [0.3, 0.4) is 0 Å². The Labute approximate surface area is 85.7 Å². The number of halogens is 3. The van der Waals surface area contributed by atoms with Gasteiger partial charge in [-0.3, -0.25) is 4.79 Å². The molecule has 0 fully saturated rings. The zero-order valence-corrected chi connectivity index (χ0v) is 8.31. The summed E-state index contributed by atoms with van der Waals surface area (Å²) >= 11 is 5.55. The first kappa shape index (κ1) is 11.1. The topological polar surface area (TPSA) is 17.1 Å². The van der Waals surface area contributed by atoms with Gasteiger partial charge in [0.05, 0.1) is 0 Å². The Morgan fingerprint density at radius 3 is 2.64 bits per heavy atom. The highest BCUT2D eigenvalue weighted by molar-refractivity contribution is 6.31. The molecule has 0 aliphatic rings. The summed E-state index contributed by atoms with van der Waals surface area (Å²) in [6.45, 7) is 1.68. The van der Waals surface area contributed by atoms with Gasteiger partial charge in [0.1, 0.15) is 0 Å². The molecule has 0 aliphatic carbocycles. The number of hydrogen-bond acceptors (Lipinski definition) is 1. The van der Waals surface area contributed by atoms with Gasteiger partial charge >= 0.3 is 0 Å². The van der Waals surface area contributed by atoms with Gasteiger partial charge in [0.15, 0.2) is 5.78 Å². The molecule has 1 rings (SSSR count). The fraction of sp³-hybridized carbons (Fsp3) is 0.300. The minimum absolute atomic E-state index is 0.00680. The van der Waals surface area contributed by atoms with Crippen LogP contribution >= 0.6 is 11.6 Å². The number of benzene rings is 1. The van der Waals surface area contributed by atoms with Crippen molar-refractivity contribution in [2.24, 2.45) is 0 Å². The number of ketones is 1. The zero-order chi connectivity index (χ0) is 10.7. The number of hydrogen-bond donors (Lipinski definition) is 0. The van der Waals surface area contributed by atoms with Gasteiger partial charge < -0.3 is 0 Å². The molecular formula is C10H9ClF2O. The van der Waals surface area contributed by atoms with Gasteiger partial charge in [-0.1, -0.05) is 18.5 Å². The highest BCUT2D eigenvalue weighted by Gasteiger charge is 2.14. The highest BCUT2D eigenvalue weighted by Crippen LogP contribution is 2.28. The summed E-state index contributed by atoms with van der Waals surface area (Å²) < 4.78 is 24.8. The van der Waals surface area contributed by atoms with Crippen molar-refractivity contribution < 1.29 is 13.6 Å². The maximum atomic E-state index is 12.4. The van der Waals surface area contributed by atoms with Crippen LogP contribution in [0, 0.1) is 0 Å². The Bertz CT molecular complexity index is 350. The average Bonchev–Trinajstić information content (AvgIpc) is 2.17. The van der Waals surface area contributed by atoms with E-state index in [9.17, 15) is 13.6 Å². The standard InChI is InChI=1S/C10H9ClF2O/c1-2-9(14)6-3-4-8(11)7(5-6)10(12)13/h3-5,10H,2H2,1H3. The molecule has 0 unspecified atom stereocenters. The fourth-order valence-electron chi connectivity index (χ4n) is 1.09. The van der Waals surface area contributed by atoms with Gasteiger partial charge in [-0.2, -0.15) is 0 Å². The summed E-state index contributed by atoms with van der Waals surface area (Å²) in [7, 11) is 0. The summed E-state index contributed by atoms with van der Waals surface area (Å²) in [5.41, 5.74) is -0.00170. The van der Waals surface area contributed by atoms with E-state index in [4.69, 9.17) is 11.6 Å². The maximum absolute atomic E-state index is 12.4. The van der Waals surface area contributed by atoms with Crippen molar-refractivity contribution in [2.75, 3.05) is 0 Å². The van der Waals surface area contributed by atoms with E-state index in [0.717, 1.165) is 6.07 Å². The van der Waals surface area contributed by atoms with Crippen molar-refractivity contribution in [3.8, 4) is 0 Å². The lowest BCUT2D eigenvalue weighted by atomic mass is 10.1. The quantitative estimate of drug-likeness (QED) is 0.704. The molecule has 4 heteroatoms. The number of rotatable bonds is 3. The molecule has 14 heavy (non-hydrogen) atoms. The summed E-state index contributed by atoms with van der Waals surface area (Å²) in [6.07, 6.45) is -2.35. The second-order valence-corrected chi connectivity index (χ2v) is 3.22. The molecule has 0 aromatic heterocycles. The Balaban J connectivity index is 3.13. The summed E-state index contributed by atoms with van der Waals surface area (Å²) in [5.74, 6) is -0.163. The minimum Gasteiger partial charge on any atom is -0.294 e. The van der Waals surface area contributed by atoms with E-state index < -0.39 is 6.43 Å². The van der Waals surface area contributed by atoms with Crippen LogP contribution in [-0.4, -0.2) is 5.78 Å². The van der Waals surface area contributed by atoms with E-state index in [-0.39, 0.29) is 21.9 Å².